The molecule has 0 unspecified atom stereocenters. The third-order valence-corrected chi connectivity index (χ3v) is 1.35. The molecule has 2 nitrogen and oxygen atoms in total. The maximum atomic E-state index is 12.7. The first-order valence-electron chi connectivity index (χ1n) is 4.17. The lowest BCUT2D eigenvalue weighted by molar-refractivity contribution is 0.221. The second-order valence-electron chi connectivity index (χ2n) is 2.17. The van der Waals surface area contributed by atoms with Crippen molar-refractivity contribution in [2.45, 2.75) is 13.8 Å². The van der Waals surface area contributed by atoms with Crippen LogP contribution in [0.15, 0.2) is 6.07 Å². The summed E-state index contributed by atoms with van der Waals surface area (Å²) in [4.78, 5) is 10.2. The molecule has 0 aromatic heterocycles. The van der Waals surface area contributed by atoms with Crippen LogP contribution in [0.1, 0.15) is 13.8 Å². The van der Waals surface area contributed by atoms with Gasteiger partial charge in [-0.1, -0.05) is 26.5 Å². The molecule has 0 heterocycles. The number of benzene rings is 1. The van der Waals surface area contributed by atoms with E-state index in [2.05, 4.69) is 17.4 Å². The highest BCUT2D eigenvalue weighted by molar-refractivity contribution is 7.96. The molecule has 0 aliphatic rings. The predicted octanol–water partition coefficient (Wildman–Crippen LogP) is 3.70. The van der Waals surface area contributed by atoms with Crippen molar-refractivity contribution in [3.8, 4) is 5.75 Å². The Morgan fingerprint density at radius 1 is 1.12 bits per heavy atom. The smallest absolute Gasteiger partial charge is 0.369 e. The molecule has 0 fully saturated rings. The Balaban J connectivity index is 0.00000106. The van der Waals surface area contributed by atoms with Gasteiger partial charge < -0.3 is 4.74 Å². The SMILES string of the molecule is CC.O=C(S)Oc1c(F)c(F)cc(F)c1F. The van der Waals surface area contributed by atoms with Crippen LogP contribution in [-0.4, -0.2) is 5.30 Å². The number of carbonyl (C=O) groups is 1. The molecule has 0 saturated carbocycles. The van der Waals surface area contributed by atoms with Crippen molar-refractivity contribution in [2.75, 3.05) is 0 Å². The zero-order valence-corrected chi connectivity index (χ0v) is 9.25. The molecule has 0 aliphatic heterocycles. The predicted molar refractivity (Wildman–Crippen MR) is 52.6 cm³/mol. The molecule has 7 heteroatoms. The molecule has 90 valence electrons. The fourth-order valence-corrected chi connectivity index (χ4v) is 0.819. The van der Waals surface area contributed by atoms with E-state index in [1.165, 1.54) is 0 Å². The fraction of sp³-hybridized carbons (Fsp3) is 0.222. The zero-order valence-electron chi connectivity index (χ0n) is 8.35. The van der Waals surface area contributed by atoms with Crippen LogP contribution in [-0.2, 0) is 0 Å². The molecule has 16 heavy (non-hydrogen) atoms. The van der Waals surface area contributed by atoms with Crippen molar-refractivity contribution < 1.29 is 27.1 Å². The Hall–Kier alpha value is -1.24. The minimum atomic E-state index is -1.79. The quantitative estimate of drug-likeness (QED) is 0.359. The summed E-state index contributed by atoms with van der Waals surface area (Å²) < 4.78 is 54.2. The summed E-state index contributed by atoms with van der Waals surface area (Å²) in [6.45, 7) is 4.00. The molecule has 0 aliphatic carbocycles. The fourth-order valence-electron chi connectivity index (χ4n) is 0.728. The van der Waals surface area contributed by atoms with Crippen molar-refractivity contribution in [3.63, 3.8) is 0 Å². The van der Waals surface area contributed by atoms with Gasteiger partial charge >= 0.3 is 5.30 Å². The molecule has 0 amide bonds. The largest absolute Gasteiger partial charge is 0.412 e. The normalized spacial score (nSPS) is 9.19. The number of carbonyl (C=O) groups excluding carboxylic acids is 1. The highest BCUT2D eigenvalue weighted by Gasteiger charge is 2.21. The molecule has 0 saturated heterocycles. The minimum Gasteiger partial charge on any atom is -0.412 e. The lowest BCUT2D eigenvalue weighted by Gasteiger charge is -2.04. The average molecular weight is 256 g/mol. The average Bonchev–Trinajstić information content (AvgIpc) is 2.24. The van der Waals surface area contributed by atoms with E-state index in [1.54, 1.807) is 0 Å². The Morgan fingerprint density at radius 2 is 1.50 bits per heavy atom. The van der Waals surface area contributed by atoms with Gasteiger partial charge in [-0.2, -0.15) is 8.78 Å². The number of hydrogen-bond acceptors (Lipinski definition) is 2. The van der Waals surface area contributed by atoms with Gasteiger partial charge in [0.2, 0.25) is 17.4 Å². The van der Waals surface area contributed by atoms with Crippen LogP contribution in [0.5, 0.6) is 5.75 Å². The molecular weight excluding hydrogens is 248 g/mol. The van der Waals surface area contributed by atoms with Crippen LogP contribution < -0.4 is 4.74 Å². The van der Waals surface area contributed by atoms with E-state index in [9.17, 15) is 22.4 Å². The number of thiol groups is 1. The van der Waals surface area contributed by atoms with Gasteiger partial charge in [-0.15, -0.1) is 0 Å². The van der Waals surface area contributed by atoms with E-state index >= 15 is 0 Å². The molecule has 0 bridgehead atoms. The minimum absolute atomic E-state index is 0.000516. The summed E-state index contributed by atoms with van der Waals surface area (Å²) in [5, 5.41) is -1.38. The van der Waals surface area contributed by atoms with Crippen LogP contribution in [0.25, 0.3) is 0 Å². The number of rotatable bonds is 1. The van der Waals surface area contributed by atoms with Gasteiger partial charge in [0.25, 0.3) is 0 Å². The van der Waals surface area contributed by atoms with Crippen LogP contribution in [0, 0.1) is 23.3 Å². The molecular formula is C9H8F4O2S. The summed E-state index contributed by atoms with van der Waals surface area (Å²) in [5.74, 6) is -8.33. The molecule has 0 atom stereocenters. The van der Waals surface area contributed by atoms with Crippen LogP contribution in [0.4, 0.5) is 22.4 Å². The number of halogens is 4. The van der Waals surface area contributed by atoms with Gasteiger partial charge in [0, 0.05) is 6.07 Å². The number of hydrogen-bond donors (Lipinski definition) is 1. The molecule has 0 N–H and O–H groups in total. The first-order chi connectivity index (χ1) is 7.43. The van der Waals surface area contributed by atoms with Crippen molar-refractivity contribution in [1.29, 1.82) is 0 Å². The van der Waals surface area contributed by atoms with E-state index in [-0.39, 0.29) is 6.07 Å². The Bertz CT molecular complexity index is 369. The molecule has 0 radical (unpaired) electrons. The standard InChI is InChI=1S/C7H2F4O2S.C2H6/c8-2-1-3(9)5(11)6(4(2)10)13-7(12)14;1-2/h1H,(H,12,14);1-2H3. The van der Waals surface area contributed by atoms with Crippen molar-refractivity contribution in [1.82, 2.24) is 0 Å². The second kappa shape index (κ2) is 6.37. The zero-order chi connectivity index (χ0) is 12.9. The summed E-state index contributed by atoms with van der Waals surface area (Å²) in [6.07, 6.45) is 0. The third kappa shape index (κ3) is 3.41. The van der Waals surface area contributed by atoms with Crippen molar-refractivity contribution >= 4 is 17.9 Å². The highest BCUT2D eigenvalue weighted by Crippen LogP contribution is 2.26. The van der Waals surface area contributed by atoms with Crippen LogP contribution >= 0.6 is 12.6 Å². The molecule has 1 aromatic rings. The monoisotopic (exact) mass is 256 g/mol. The lowest BCUT2D eigenvalue weighted by Crippen LogP contribution is -2.05. The maximum Gasteiger partial charge on any atom is 0.369 e. The van der Waals surface area contributed by atoms with Crippen LogP contribution in [0.3, 0.4) is 0 Å². The van der Waals surface area contributed by atoms with E-state index in [0.29, 0.717) is 0 Å². The lowest BCUT2D eigenvalue weighted by atomic mass is 10.3. The van der Waals surface area contributed by atoms with Gasteiger partial charge in [-0.25, -0.2) is 13.6 Å². The summed E-state index contributed by atoms with van der Waals surface area (Å²) in [5.41, 5.74) is 0. The summed E-state index contributed by atoms with van der Waals surface area (Å²) in [6, 6.07) is 0.000516. The highest BCUT2D eigenvalue weighted by atomic mass is 32.1. The molecule has 1 rings (SSSR count). The third-order valence-electron chi connectivity index (χ3n) is 1.26. The topological polar surface area (TPSA) is 26.3 Å². The summed E-state index contributed by atoms with van der Waals surface area (Å²) >= 11 is 3.03. The molecule has 1 aromatic carbocycles. The Morgan fingerprint density at radius 3 is 1.81 bits per heavy atom. The van der Waals surface area contributed by atoms with Crippen molar-refractivity contribution in [3.05, 3.63) is 29.3 Å². The van der Waals surface area contributed by atoms with Gasteiger partial charge in [0.1, 0.15) is 0 Å². The molecule has 0 spiro atoms. The van der Waals surface area contributed by atoms with Gasteiger partial charge in [0.05, 0.1) is 0 Å². The Kier molecular flexibility index (Phi) is 5.87. The van der Waals surface area contributed by atoms with E-state index < -0.39 is 34.3 Å². The van der Waals surface area contributed by atoms with Crippen molar-refractivity contribution in [2.24, 2.45) is 0 Å². The van der Waals surface area contributed by atoms with E-state index in [1.807, 2.05) is 13.8 Å². The first-order valence-corrected chi connectivity index (χ1v) is 4.62. The number of ether oxygens (including phenoxy) is 1. The Labute approximate surface area is 94.6 Å². The second-order valence-corrected chi connectivity index (χ2v) is 2.53. The summed E-state index contributed by atoms with van der Waals surface area (Å²) in [7, 11) is 0. The maximum absolute atomic E-state index is 12.7. The van der Waals surface area contributed by atoms with Gasteiger partial charge in [0.15, 0.2) is 11.6 Å². The first kappa shape index (κ1) is 14.8. The van der Waals surface area contributed by atoms with Gasteiger partial charge in [-0.3, -0.25) is 0 Å². The van der Waals surface area contributed by atoms with Crippen LogP contribution in [0.2, 0.25) is 0 Å². The van der Waals surface area contributed by atoms with E-state index in [0.717, 1.165) is 0 Å². The van der Waals surface area contributed by atoms with Gasteiger partial charge in [-0.05, 0) is 0 Å². The van der Waals surface area contributed by atoms with E-state index in [4.69, 9.17) is 0 Å².